The first-order valence-electron chi connectivity index (χ1n) is 9.06. The molecular weight excluding hydrogens is 398 g/mol. The Labute approximate surface area is 175 Å². The summed E-state index contributed by atoms with van der Waals surface area (Å²) in [5.74, 6) is -0.216. The maximum absolute atomic E-state index is 12.9. The Morgan fingerprint density at radius 2 is 1.38 bits per heavy atom. The van der Waals surface area contributed by atoms with Crippen molar-refractivity contribution >= 4 is 43.8 Å². The molecule has 0 unspecified atom stereocenters. The van der Waals surface area contributed by atoms with E-state index in [0.717, 1.165) is 37.0 Å². The first-order valence-corrected chi connectivity index (χ1v) is 10.7. The van der Waals surface area contributed by atoms with Crippen molar-refractivity contribution in [2.45, 2.75) is 0 Å². The van der Waals surface area contributed by atoms with Crippen LogP contribution < -0.4 is 5.32 Å². The van der Waals surface area contributed by atoms with Gasteiger partial charge in [0, 0.05) is 11.1 Å². The molecule has 0 spiro atoms. The molecule has 0 saturated carbocycles. The summed E-state index contributed by atoms with van der Waals surface area (Å²) >= 11 is 2.86. The van der Waals surface area contributed by atoms with Crippen molar-refractivity contribution in [3.05, 3.63) is 89.9 Å². The van der Waals surface area contributed by atoms with Gasteiger partial charge in [0.1, 0.15) is 15.7 Å². The molecule has 0 bridgehead atoms. The van der Waals surface area contributed by atoms with Gasteiger partial charge in [-0.1, -0.05) is 84.1 Å². The summed E-state index contributed by atoms with van der Waals surface area (Å²) in [4.78, 5) is 22.2. The monoisotopic (exact) mass is 413 g/mol. The van der Waals surface area contributed by atoms with Gasteiger partial charge in [-0.3, -0.25) is 4.79 Å². The first kappa shape index (κ1) is 17.7. The molecule has 2 aromatic heterocycles. The zero-order valence-corrected chi connectivity index (χ0v) is 16.8. The largest absolute Gasteiger partial charge is 0.310 e. The average molecular weight is 414 g/mol. The van der Waals surface area contributed by atoms with Gasteiger partial charge in [-0.2, -0.15) is 0 Å². The van der Waals surface area contributed by atoms with Gasteiger partial charge in [0.15, 0.2) is 5.01 Å². The number of fused-ring (bicyclic) bond motifs is 1. The van der Waals surface area contributed by atoms with Gasteiger partial charge in [0.2, 0.25) is 0 Å². The normalized spacial score (nSPS) is 10.9. The van der Waals surface area contributed by atoms with Crippen LogP contribution in [-0.2, 0) is 0 Å². The predicted molar refractivity (Wildman–Crippen MR) is 121 cm³/mol. The molecule has 0 atom stereocenters. The van der Waals surface area contributed by atoms with Gasteiger partial charge in [0.05, 0.1) is 10.2 Å². The number of nitrogens with one attached hydrogen (secondary N) is 1. The highest BCUT2D eigenvalue weighted by Gasteiger charge is 2.19. The highest BCUT2D eigenvalue weighted by atomic mass is 32.1. The molecule has 2 heterocycles. The number of hydrogen-bond acceptors (Lipinski definition) is 5. The lowest BCUT2D eigenvalue weighted by molar-refractivity contribution is 0.102. The fourth-order valence-electron chi connectivity index (χ4n) is 3.03. The number of anilines is 1. The van der Waals surface area contributed by atoms with Crippen LogP contribution in [-0.4, -0.2) is 15.9 Å². The van der Waals surface area contributed by atoms with Crippen molar-refractivity contribution in [1.29, 1.82) is 0 Å². The van der Waals surface area contributed by atoms with Gasteiger partial charge in [-0.05, 0) is 12.1 Å². The van der Waals surface area contributed by atoms with Gasteiger partial charge in [-0.15, -0.1) is 11.3 Å². The van der Waals surface area contributed by atoms with Crippen LogP contribution in [0.3, 0.4) is 0 Å². The van der Waals surface area contributed by atoms with E-state index in [0.29, 0.717) is 5.01 Å². The van der Waals surface area contributed by atoms with Crippen LogP contribution in [0.1, 0.15) is 9.80 Å². The Kier molecular flexibility index (Phi) is 4.63. The van der Waals surface area contributed by atoms with E-state index in [9.17, 15) is 4.79 Å². The maximum atomic E-state index is 12.9. The summed E-state index contributed by atoms with van der Waals surface area (Å²) in [6.07, 6.45) is 0. The number of aromatic nitrogens is 2. The maximum Gasteiger partial charge on any atom is 0.285 e. The minimum Gasteiger partial charge on any atom is -0.310 e. The molecule has 0 aliphatic heterocycles. The second-order valence-corrected chi connectivity index (χ2v) is 8.40. The first-order chi connectivity index (χ1) is 14.3. The molecule has 140 valence electrons. The second kappa shape index (κ2) is 7.58. The highest BCUT2D eigenvalue weighted by molar-refractivity contribution is 7.21. The molecule has 0 radical (unpaired) electrons. The molecule has 1 N–H and O–H groups in total. The van der Waals surface area contributed by atoms with E-state index < -0.39 is 0 Å². The minimum atomic E-state index is -0.216. The van der Waals surface area contributed by atoms with Crippen LogP contribution in [0.4, 0.5) is 5.00 Å². The third-order valence-corrected chi connectivity index (χ3v) is 6.47. The lowest BCUT2D eigenvalue weighted by atomic mass is 10.1. The number of thiazole rings is 2. The lowest BCUT2D eigenvalue weighted by Gasteiger charge is -2.03. The summed E-state index contributed by atoms with van der Waals surface area (Å²) in [6, 6.07) is 27.6. The van der Waals surface area contributed by atoms with Crippen LogP contribution in [0.25, 0.3) is 32.0 Å². The highest BCUT2D eigenvalue weighted by Crippen LogP contribution is 2.38. The predicted octanol–water partition coefficient (Wildman–Crippen LogP) is 6.34. The van der Waals surface area contributed by atoms with E-state index in [4.69, 9.17) is 4.98 Å². The lowest BCUT2D eigenvalue weighted by Crippen LogP contribution is -2.11. The Bertz CT molecular complexity index is 1260. The molecule has 3 aromatic carbocycles. The van der Waals surface area contributed by atoms with Crippen LogP contribution in [0.15, 0.2) is 84.9 Å². The van der Waals surface area contributed by atoms with Gasteiger partial charge in [0.25, 0.3) is 5.91 Å². The summed E-state index contributed by atoms with van der Waals surface area (Å²) < 4.78 is 0.996. The Morgan fingerprint density at radius 3 is 2.10 bits per heavy atom. The van der Waals surface area contributed by atoms with E-state index in [-0.39, 0.29) is 5.91 Å². The summed E-state index contributed by atoms with van der Waals surface area (Å²) in [6.45, 7) is 0. The smallest absolute Gasteiger partial charge is 0.285 e. The number of para-hydroxylation sites is 1. The van der Waals surface area contributed by atoms with Gasteiger partial charge < -0.3 is 5.32 Å². The molecule has 29 heavy (non-hydrogen) atoms. The van der Waals surface area contributed by atoms with Crippen molar-refractivity contribution in [1.82, 2.24) is 9.97 Å². The van der Waals surface area contributed by atoms with E-state index in [1.807, 2.05) is 84.9 Å². The third kappa shape index (κ3) is 3.55. The van der Waals surface area contributed by atoms with E-state index in [2.05, 4.69) is 10.3 Å². The third-order valence-electron chi connectivity index (χ3n) is 4.41. The van der Waals surface area contributed by atoms with Crippen molar-refractivity contribution < 1.29 is 4.79 Å². The zero-order chi connectivity index (χ0) is 19.6. The van der Waals surface area contributed by atoms with Crippen LogP contribution >= 0.6 is 22.7 Å². The van der Waals surface area contributed by atoms with E-state index in [1.165, 1.54) is 22.7 Å². The summed E-state index contributed by atoms with van der Waals surface area (Å²) in [5.41, 5.74) is 3.59. The summed E-state index contributed by atoms with van der Waals surface area (Å²) in [5, 5.41) is 5.07. The van der Waals surface area contributed by atoms with Crippen molar-refractivity contribution in [2.24, 2.45) is 0 Å². The number of nitrogens with zero attached hydrogens (tertiary/aromatic N) is 2. The molecule has 1 amide bonds. The van der Waals surface area contributed by atoms with E-state index in [1.54, 1.807) is 0 Å². The van der Waals surface area contributed by atoms with Crippen molar-refractivity contribution in [3.63, 3.8) is 0 Å². The Hall–Kier alpha value is -3.35. The minimum absolute atomic E-state index is 0.216. The molecule has 5 rings (SSSR count). The van der Waals surface area contributed by atoms with Crippen LogP contribution in [0.5, 0.6) is 0 Å². The fourth-order valence-corrected chi connectivity index (χ4v) is 4.88. The number of rotatable bonds is 4. The van der Waals surface area contributed by atoms with Crippen molar-refractivity contribution in [3.8, 4) is 21.8 Å². The van der Waals surface area contributed by atoms with Gasteiger partial charge in [-0.25, -0.2) is 9.97 Å². The van der Waals surface area contributed by atoms with Gasteiger partial charge >= 0.3 is 0 Å². The average Bonchev–Trinajstić information content (AvgIpc) is 3.39. The van der Waals surface area contributed by atoms with Crippen LogP contribution in [0.2, 0.25) is 0 Å². The quantitative estimate of drug-likeness (QED) is 0.374. The zero-order valence-electron chi connectivity index (χ0n) is 15.2. The fraction of sp³-hybridized carbons (Fsp3) is 0. The second-order valence-electron chi connectivity index (χ2n) is 6.37. The molecule has 4 nitrogen and oxygen atoms in total. The number of carbonyl (C=O) groups excluding carboxylic acids is 1. The Morgan fingerprint density at radius 1 is 0.724 bits per heavy atom. The molecule has 0 aliphatic carbocycles. The molecular formula is C23H15N3OS2. The number of amides is 1. The van der Waals surface area contributed by atoms with E-state index >= 15 is 0 Å². The number of carbonyl (C=O) groups is 1. The topological polar surface area (TPSA) is 54.9 Å². The standard InChI is InChI=1S/C23H15N3OS2/c27-20(23-24-17-13-7-8-14-18(17)28-23)26-22-19(15-9-3-1-4-10-15)25-21(29-22)16-11-5-2-6-12-16/h1-14H,(H,26,27). The van der Waals surface area contributed by atoms with Crippen LogP contribution in [0, 0.1) is 0 Å². The molecule has 0 aliphatic rings. The molecule has 0 saturated heterocycles. The molecule has 0 fully saturated rings. The van der Waals surface area contributed by atoms with Crippen molar-refractivity contribution in [2.75, 3.05) is 5.32 Å². The Balaban J connectivity index is 1.54. The number of hydrogen-bond donors (Lipinski definition) is 1. The number of benzene rings is 3. The summed E-state index contributed by atoms with van der Waals surface area (Å²) in [7, 11) is 0. The molecule has 5 aromatic rings. The molecule has 6 heteroatoms. The SMILES string of the molecule is O=C(Nc1sc(-c2ccccc2)nc1-c1ccccc1)c1nc2ccccc2s1.